The molecule has 0 aromatic carbocycles. The van der Waals surface area contributed by atoms with E-state index in [2.05, 4.69) is 21.0 Å². The standard InChI is InChI=1S/2C3H2NS.Co/c2*1-2-5-3-4-1;/h2*1-2H;/q2*-1;+2. The van der Waals surface area contributed by atoms with Crippen molar-refractivity contribution in [3.05, 3.63) is 34.2 Å². The summed E-state index contributed by atoms with van der Waals surface area (Å²) in [6.45, 7) is 0. The maximum Gasteiger partial charge on any atom is 2.00 e. The van der Waals surface area contributed by atoms with Crippen LogP contribution in [0.15, 0.2) is 23.2 Å². The molecule has 2 rings (SSSR count). The van der Waals surface area contributed by atoms with Crippen molar-refractivity contribution in [3.8, 4) is 0 Å². The van der Waals surface area contributed by atoms with Crippen LogP contribution in [0.1, 0.15) is 0 Å². The zero-order valence-corrected chi connectivity index (χ0v) is 8.03. The molecule has 0 N–H and O–H groups in total. The Morgan fingerprint density at radius 1 is 0.909 bits per heavy atom. The number of aromatic nitrogens is 2. The van der Waals surface area contributed by atoms with Gasteiger partial charge in [0.05, 0.1) is 0 Å². The van der Waals surface area contributed by atoms with E-state index < -0.39 is 0 Å². The van der Waals surface area contributed by atoms with Gasteiger partial charge < -0.3 is 9.97 Å². The first kappa shape index (κ1) is 10.8. The second kappa shape index (κ2) is 7.87. The van der Waals surface area contributed by atoms with Crippen LogP contribution in [0.25, 0.3) is 0 Å². The molecule has 2 heterocycles. The van der Waals surface area contributed by atoms with Crippen LogP contribution in [0, 0.1) is 11.0 Å². The molecule has 2 aromatic heterocycles. The Labute approximate surface area is 83.5 Å². The second-order valence-electron chi connectivity index (χ2n) is 1.25. The van der Waals surface area contributed by atoms with Crippen molar-refractivity contribution in [1.29, 1.82) is 0 Å². The van der Waals surface area contributed by atoms with Gasteiger partial charge in [0, 0.05) is 0 Å². The van der Waals surface area contributed by atoms with Crippen molar-refractivity contribution in [2.24, 2.45) is 0 Å². The first-order valence-electron chi connectivity index (χ1n) is 2.51. The topological polar surface area (TPSA) is 25.8 Å². The molecule has 0 saturated heterocycles. The molecule has 2 nitrogen and oxygen atoms in total. The first-order valence-corrected chi connectivity index (χ1v) is 4.27. The monoisotopic (exact) mass is 227 g/mol. The molecule has 5 heteroatoms. The van der Waals surface area contributed by atoms with E-state index in [1.807, 2.05) is 10.8 Å². The normalized spacial score (nSPS) is 7.27. The maximum atomic E-state index is 3.62. The van der Waals surface area contributed by atoms with Gasteiger partial charge in [-0.15, -0.1) is 23.2 Å². The van der Waals surface area contributed by atoms with E-state index in [4.69, 9.17) is 0 Å². The quantitative estimate of drug-likeness (QED) is 0.642. The van der Waals surface area contributed by atoms with Crippen molar-refractivity contribution in [3.63, 3.8) is 0 Å². The van der Waals surface area contributed by atoms with E-state index in [9.17, 15) is 0 Å². The molecule has 0 saturated carbocycles. The van der Waals surface area contributed by atoms with Crippen molar-refractivity contribution < 1.29 is 16.8 Å². The van der Waals surface area contributed by atoms with Gasteiger partial charge in [-0.05, 0) is 11.0 Å². The molecule has 0 atom stereocenters. The molecular weight excluding hydrogens is 223 g/mol. The fourth-order valence-corrected chi connectivity index (χ4v) is 0.913. The fraction of sp³-hybridized carbons (Fsp3) is 0. The van der Waals surface area contributed by atoms with E-state index >= 15 is 0 Å². The summed E-state index contributed by atoms with van der Waals surface area (Å²) < 4.78 is 0. The molecule has 1 radical (unpaired) electrons. The van der Waals surface area contributed by atoms with E-state index in [1.165, 1.54) is 22.7 Å². The van der Waals surface area contributed by atoms with Gasteiger partial charge in [-0.3, -0.25) is 22.7 Å². The van der Waals surface area contributed by atoms with Gasteiger partial charge in [0.15, 0.2) is 0 Å². The van der Waals surface area contributed by atoms with E-state index in [0.29, 0.717) is 0 Å². The van der Waals surface area contributed by atoms with Gasteiger partial charge in [-0.1, -0.05) is 0 Å². The molecule has 0 fully saturated rings. The van der Waals surface area contributed by atoms with Gasteiger partial charge in [0.1, 0.15) is 0 Å². The Hall–Kier alpha value is -0.234. The summed E-state index contributed by atoms with van der Waals surface area (Å²) in [4.78, 5) is 7.23. The van der Waals surface area contributed by atoms with Gasteiger partial charge in [-0.2, -0.15) is 0 Å². The largest absolute Gasteiger partial charge is 2.00 e. The molecule has 0 bridgehead atoms. The molecule has 0 unspecified atom stereocenters. The average molecular weight is 227 g/mol. The molecule has 0 aliphatic carbocycles. The summed E-state index contributed by atoms with van der Waals surface area (Å²) in [7, 11) is 0. The van der Waals surface area contributed by atoms with Crippen LogP contribution in [0.3, 0.4) is 0 Å². The van der Waals surface area contributed by atoms with Crippen LogP contribution < -0.4 is 0 Å². The molecule has 0 aliphatic heterocycles. The Morgan fingerprint density at radius 3 is 1.45 bits per heavy atom. The van der Waals surface area contributed by atoms with Crippen molar-refractivity contribution >= 4 is 22.7 Å². The predicted octanol–water partition coefficient (Wildman–Crippen LogP) is 1.88. The third-order valence-electron chi connectivity index (χ3n) is 0.618. The van der Waals surface area contributed by atoms with Crippen molar-refractivity contribution in [2.45, 2.75) is 0 Å². The fourth-order valence-electron chi connectivity index (χ4n) is 0.304. The molecule has 59 valence electrons. The first-order chi connectivity index (χ1) is 5.00. The molecule has 0 aliphatic rings. The van der Waals surface area contributed by atoms with Crippen molar-refractivity contribution in [1.82, 2.24) is 9.97 Å². The van der Waals surface area contributed by atoms with Crippen LogP contribution >= 0.6 is 22.7 Å². The SMILES string of the molecule is [Co+2].[c-]1nccs1.[c-]1nccs1. The number of hydrogen-bond acceptors (Lipinski definition) is 4. The van der Waals surface area contributed by atoms with E-state index in [-0.39, 0.29) is 16.8 Å². The number of thiazole rings is 2. The smallest absolute Gasteiger partial charge is 0.394 e. The van der Waals surface area contributed by atoms with Crippen LogP contribution in [0.4, 0.5) is 0 Å². The molecule has 0 spiro atoms. The Kier molecular flexibility index (Phi) is 7.70. The van der Waals surface area contributed by atoms with E-state index in [0.717, 1.165) is 0 Å². The van der Waals surface area contributed by atoms with Gasteiger partial charge in [-0.25, -0.2) is 0 Å². The number of nitrogens with zero attached hydrogens (tertiary/aromatic N) is 2. The zero-order valence-electron chi connectivity index (χ0n) is 5.35. The van der Waals surface area contributed by atoms with Crippen LogP contribution in [-0.2, 0) is 16.8 Å². The minimum Gasteiger partial charge on any atom is -0.394 e. The Balaban J connectivity index is 0.000000167. The minimum absolute atomic E-state index is 0. The second-order valence-corrected chi connectivity index (χ2v) is 2.63. The Bertz CT molecular complexity index is 158. The summed E-state index contributed by atoms with van der Waals surface area (Å²) in [5.41, 5.74) is 5.31. The summed E-state index contributed by atoms with van der Waals surface area (Å²) >= 11 is 2.95. The Morgan fingerprint density at radius 2 is 1.36 bits per heavy atom. The van der Waals surface area contributed by atoms with Crippen LogP contribution in [-0.4, -0.2) is 9.97 Å². The zero-order chi connectivity index (χ0) is 7.07. The minimum atomic E-state index is 0. The summed E-state index contributed by atoms with van der Waals surface area (Å²) in [5.74, 6) is 0. The summed E-state index contributed by atoms with van der Waals surface area (Å²) in [6, 6.07) is 0. The number of hydrogen-bond donors (Lipinski definition) is 0. The molecular formula is C6H4CoN2S2. The van der Waals surface area contributed by atoms with Gasteiger partial charge in [0.25, 0.3) is 0 Å². The summed E-state index contributed by atoms with van der Waals surface area (Å²) in [6.07, 6.45) is 3.43. The third-order valence-corrected chi connectivity index (χ3v) is 1.55. The van der Waals surface area contributed by atoms with Gasteiger partial charge in [0.2, 0.25) is 0 Å². The summed E-state index contributed by atoms with van der Waals surface area (Å²) in [5, 5.41) is 3.75. The van der Waals surface area contributed by atoms with Crippen molar-refractivity contribution in [2.75, 3.05) is 0 Å². The number of rotatable bonds is 0. The third kappa shape index (κ3) is 6.18. The molecule has 2 aromatic rings. The molecule has 0 amide bonds. The predicted molar refractivity (Wildman–Crippen MR) is 41.9 cm³/mol. The van der Waals surface area contributed by atoms with Gasteiger partial charge >= 0.3 is 16.8 Å². The van der Waals surface area contributed by atoms with Crippen LogP contribution in [0.5, 0.6) is 0 Å². The van der Waals surface area contributed by atoms with Crippen LogP contribution in [0.2, 0.25) is 0 Å². The van der Waals surface area contributed by atoms with E-state index in [1.54, 1.807) is 12.4 Å². The average Bonchev–Trinajstić information content (AvgIpc) is 2.67. The molecule has 11 heavy (non-hydrogen) atoms. The maximum absolute atomic E-state index is 3.62.